The Balaban J connectivity index is 1.67. The summed E-state index contributed by atoms with van der Waals surface area (Å²) in [5, 5.41) is 10.9. The van der Waals surface area contributed by atoms with Gasteiger partial charge in [-0.25, -0.2) is 4.79 Å². The first-order chi connectivity index (χ1) is 13.4. The molecule has 1 saturated heterocycles. The van der Waals surface area contributed by atoms with Crippen molar-refractivity contribution in [2.45, 2.75) is 50.9 Å². The number of carbonyl (C=O) groups excluding carboxylic acids is 2. The second-order valence-electron chi connectivity index (χ2n) is 7.34. The third-order valence-corrected chi connectivity index (χ3v) is 5.42. The van der Waals surface area contributed by atoms with E-state index in [0.29, 0.717) is 36.3 Å². The van der Waals surface area contributed by atoms with Crippen molar-refractivity contribution in [1.82, 2.24) is 0 Å². The van der Waals surface area contributed by atoms with Crippen molar-refractivity contribution in [2.24, 2.45) is 11.8 Å². The number of aliphatic hydroxyl groups excluding tert-OH is 1. The van der Waals surface area contributed by atoms with Gasteiger partial charge in [0.15, 0.2) is 0 Å². The number of hydrogen-bond donors (Lipinski definition) is 1. The van der Waals surface area contributed by atoms with Crippen LogP contribution in [0.5, 0.6) is 0 Å². The molecule has 1 aromatic rings. The van der Waals surface area contributed by atoms with Crippen LogP contribution in [0.4, 0.5) is 0 Å². The maximum atomic E-state index is 12.5. The third-order valence-electron chi connectivity index (χ3n) is 5.26. The molecule has 0 unspecified atom stereocenters. The second kappa shape index (κ2) is 9.39. The zero-order valence-electron chi connectivity index (χ0n) is 15.8. The maximum absolute atomic E-state index is 12.5. The molecule has 0 amide bonds. The number of aliphatic hydroxyl groups is 1. The highest BCUT2D eigenvalue weighted by Gasteiger charge is 2.50. The molecular weight excluding hydrogens is 380 g/mol. The molecule has 1 aliphatic carbocycles. The van der Waals surface area contributed by atoms with Gasteiger partial charge in [0.05, 0.1) is 18.1 Å². The summed E-state index contributed by atoms with van der Waals surface area (Å²) in [4.78, 5) is 24.1. The number of hydrogen-bond acceptors (Lipinski definition) is 5. The molecule has 3 rings (SSSR count). The summed E-state index contributed by atoms with van der Waals surface area (Å²) in [6.45, 7) is 1.80. The van der Waals surface area contributed by atoms with E-state index in [1.165, 1.54) is 0 Å². The lowest BCUT2D eigenvalue weighted by Crippen LogP contribution is -2.25. The molecule has 1 aromatic carbocycles. The molecule has 0 spiro atoms. The molecule has 2 fully saturated rings. The predicted molar refractivity (Wildman–Crippen MR) is 106 cm³/mol. The van der Waals surface area contributed by atoms with Crippen molar-refractivity contribution in [3.05, 3.63) is 59.2 Å². The van der Waals surface area contributed by atoms with E-state index in [-0.39, 0.29) is 30.0 Å². The number of allylic oxidation sites excluding steroid dienone is 2. The highest BCUT2D eigenvalue weighted by molar-refractivity contribution is 6.29. The van der Waals surface area contributed by atoms with E-state index < -0.39 is 12.1 Å². The van der Waals surface area contributed by atoms with Gasteiger partial charge < -0.3 is 14.6 Å². The Kier molecular flexibility index (Phi) is 6.92. The zero-order chi connectivity index (χ0) is 20.1. The van der Waals surface area contributed by atoms with Gasteiger partial charge in [-0.3, -0.25) is 4.79 Å². The molecule has 2 aliphatic rings. The fourth-order valence-electron chi connectivity index (χ4n) is 3.88. The fraction of sp³-hybridized carbons (Fsp3) is 0.455. The Morgan fingerprint density at radius 3 is 2.86 bits per heavy atom. The lowest BCUT2D eigenvalue weighted by atomic mass is 9.91. The summed E-state index contributed by atoms with van der Waals surface area (Å²) in [6, 6.07) is 8.82. The Labute approximate surface area is 170 Å². The Morgan fingerprint density at radius 1 is 1.39 bits per heavy atom. The van der Waals surface area contributed by atoms with Gasteiger partial charge in [0.1, 0.15) is 12.2 Å². The summed E-state index contributed by atoms with van der Waals surface area (Å²) < 4.78 is 11.1. The molecule has 150 valence electrons. The molecule has 1 aliphatic heterocycles. The standard InChI is InChI=1S/C22H25ClO5/c1-14(23)6-5-9-16(24)10-11-17-18-12-21(25)27-20(18)13-19(17)28-22(26)15-7-3-2-4-8-15/h2-4,6-8,10-11,16-20,24H,5,9,12-13H2,1H3/b11-10+,14-6-/t16-,17+,18+,19+,20-/m0/s1. The van der Waals surface area contributed by atoms with Crippen LogP contribution in [-0.2, 0) is 14.3 Å². The molecule has 5 nitrogen and oxygen atoms in total. The molecule has 28 heavy (non-hydrogen) atoms. The summed E-state index contributed by atoms with van der Waals surface area (Å²) >= 11 is 5.80. The predicted octanol–water partition coefficient (Wildman–Crippen LogP) is 4.00. The third kappa shape index (κ3) is 5.24. The largest absolute Gasteiger partial charge is 0.462 e. The van der Waals surface area contributed by atoms with E-state index >= 15 is 0 Å². The minimum Gasteiger partial charge on any atom is -0.462 e. The van der Waals surface area contributed by atoms with Crippen LogP contribution < -0.4 is 0 Å². The molecule has 0 radical (unpaired) electrons. The van der Waals surface area contributed by atoms with Gasteiger partial charge in [0, 0.05) is 23.3 Å². The van der Waals surface area contributed by atoms with E-state index in [1.54, 1.807) is 37.3 Å². The molecule has 5 atom stereocenters. The van der Waals surface area contributed by atoms with Crippen molar-refractivity contribution < 1.29 is 24.2 Å². The number of fused-ring (bicyclic) bond motifs is 1. The second-order valence-corrected chi connectivity index (χ2v) is 7.94. The number of esters is 2. The quantitative estimate of drug-likeness (QED) is 0.549. The fourth-order valence-corrected chi connectivity index (χ4v) is 3.98. The summed E-state index contributed by atoms with van der Waals surface area (Å²) in [5.74, 6) is -0.804. The van der Waals surface area contributed by atoms with Gasteiger partial charge in [0.2, 0.25) is 0 Å². The highest BCUT2D eigenvalue weighted by atomic mass is 35.5. The highest BCUT2D eigenvalue weighted by Crippen LogP contribution is 2.43. The summed E-state index contributed by atoms with van der Waals surface area (Å²) in [7, 11) is 0. The molecule has 6 heteroatoms. The average Bonchev–Trinajstić information content (AvgIpc) is 3.16. The summed E-state index contributed by atoms with van der Waals surface area (Å²) in [5.41, 5.74) is 0.488. The Morgan fingerprint density at radius 2 is 2.14 bits per heavy atom. The van der Waals surface area contributed by atoms with E-state index in [4.69, 9.17) is 21.1 Å². The summed E-state index contributed by atoms with van der Waals surface area (Å²) in [6.07, 6.45) is 6.20. The molecule has 0 aromatic heterocycles. The van der Waals surface area contributed by atoms with E-state index in [9.17, 15) is 14.7 Å². The van der Waals surface area contributed by atoms with Crippen LogP contribution in [0.25, 0.3) is 0 Å². The minimum atomic E-state index is -0.630. The first-order valence-electron chi connectivity index (χ1n) is 9.58. The number of ether oxygens (including phenoxy) is 2. The number of benzene rings is 1. The van der Waals surface area contributed by atoms with Crippen LogP contribution >= 0.6 is 11.6 Å². The van der Waals surface area contributed by atoms with Crippen molar-refractivity contribution in [3.8, 4) is 0 Å². The molecule has 1 N–H and O–H groups in total. The van der Waals surface area contributed by atoms with Gasteiger partial charge in [-0.15, -0.1) is 0 Å². The number of halogens is 1. The Bertz CT molecular complexity index is 753. The van der Waals surface area contributed by atoms with Crippen molar-refractivity contribution >= 4 is 23.5 Å². The van der Waals surface area contributed by atoms with Crippen molar-refractivity contribution in [1.29, 1.82) is 0 Å². The molecular formula is C22H25ClO5. The van der Waals surface area contributed by atoms with E-state index in [1.807, 2.05) is 18.2 Å². The van der Waals surface area contributed by atoms with Crippen molar-refractivity contribution in [3.63, 3.8) is 0 Å². The lowest BCUT2D eigenvalue weighted by molar-refractivity contribution is -0.141. The number of rotatable bonds is 7. The first-order valence-corrected chi connectivity index (χ1v) is 9.96. The topological polar surface area (TPSA) is 72.8 Å². The monoisotopic (exact) mass is 404 g/mol. The lowest BCUT2D eigenvalue weighted by Gasteiger charge is -2.20. The zero-order valence-corrected chi connectivity index (χ0v) is 16.5. The van der Waals surface area contributed by atoms with E-state index in [0.717, 1.165) is 0 Å². The molecule has 1 heterocycles. The van der Waals surface area contributed by atoms with Crippen molar-refractivity contribution in [2.75, 3.05) is 0 Å². The van der Waals surface area contributed by atoms with Gasteiger partial charge in [-0.05, 0) is 31.9 Å². The van der Waals surface area contributed by atoms with Crippen LogP contribution in [0.15, 0.2) is 53.6 Å². The normalized spacial score (nSPS) is 28.2. The molecule has 1 saturated carbocycles. The first kappa shape index (κ1) is 20.6. The smallest absolute Gasteiger partial charge is 0.338 e. The van der Waals surface area contributed by atoms with Crippen LogP contribution in [-0.4, -0.2) is 35.4 Å². The van der Waals surface area contributed by atoms with E-state index in [2.05, 4.69) is 0 Å². The SMILES string of the molecule is C/C(Cl)=C/CC[C@H](O)/C=C/[C@@H]1[C@H]2CC(=O)O[C@H]2C[C@H]1OC(=O)c1ccccc1. The maximum Gasteiger partial charge on any atom is 0.338 e. The van der Waals surface area contributed by atoms with Gasteiger partial charge >= 0.3 is 11.9 Å². The van der Waals surface area contributed by atoms with Crippen LogP contribution in [0, 0.1) is 11.8 Å². The Hall–Kier alpha value is -2.11. The van der Waals surface area contributed by atoms with Crippen LogP contribution in [0.2, 0.25) is 0 Å². The van der Waals surface area contributed by atoms with Gasteiger partial charge in [-0.1, -0.05) is 48.0 Å². The van der Waals surface area contributed by atoms with Crippen LogP contribution in [0.1, 0.15) is 43.0 Å². The van der Waals surface area contributed by atoms with Gasteiger partial charge in [0.25, 0.3) is 0 Å². The van der Waals surface area contributed by atoms with Gasteiger partial charge in [-0.2, -0.15) is 0 Å². The minimum absolute atomic E-state index is 0.0329. The average molecular weight is 405 g/mol. The van der Waals surface area contributed by atoms with Crippen LogP contribution in [0.3, 0.4) is 0 Å². The molecule has 0 bridgehead atoms. The number of carbonyl (C=O) groups is 2.